The Kier molecular flexibility index (Phi) is 2.25. The Labute approximate surface area is 83.6 Å². The third kappa shape index (κ3) is 1.30. The predicted octanol–water partition coefficient (Wildman–Crippen LogP) is 1.66. The number of aryl methyl sites for hydroxylation is 2. The summed E-state index contributed by atoms with van der Waals surface area (Å²) in [7, 11) is 0. The number of pyridine rings is 1. The van der Waals surface area contributed by atoms with Crippen molar-refractivity contribution in [2.75, 3.05) is 0 Å². The average molecular weight is 189 g/mol. The van der Waals surface area contributed by atoms with Gasteiger partial charge in [-0.2, -0.15) is 0 Å². The smallest absolute Gasteiger partial charge is 0.137 e. The lowest BCUT2D eigenvalue weighted by Crippen LogP contribution is -1.98. The topological polar surface area (TPSA) is 43.3 Å². The van der Waals surface area contributed by atoms with E-state index in [1.807, 2.05) is 19.1 Å². The molecule has 0 fully saturated rings. The quantitative estimate of drug-likeness (QED) is 0.780. The average Bonchev–Trinajstić information content (AvgIpc) is 2.51. The van der Waals surface area contributed by atoms with Crippen molar-refractivity contribution in [2.45, 2.75) is 26.8 Å². The van der Waals surface area contributed by atoms with Gasteiger partial charge < -0.3 is 10.1 Å². The Morgan fingerprint density at radius 3 is 2.93 bits per heavy atom. The molecule has 3 heteroatoms. The number of nitrogens with two attached hydrogens (primary N) is 1. The fourth-order valence-corrected chi connectivity index (χ4v) is 1.81. The number of hydrogen-bond donors (Lipinski definition) is 1. The van der Waals surface area contributed by atoms with Crippen molar-refractivity contribution in [2.24, 2.45) is 5.73 Å². The van der Waals surface area contributed by atoms with E-state index in [-0.39, 0.29) is 0 Å². The van der Waals surface area contributed by atoms with Crippen LogP contribution in [0.25, 0.3) is 5.65 Å². The number of imidazole rings is 1. The molecule has 2 heterocycles. The summed E-state index contributed by atoms with van der Waals surface area (Å²) in [6.45, 7) is 4.77. The zero-order valence-corrected chi connectivity index (χ0v) is 8.62. The van der Waals surface area contributed by atoms with Crippen LogP contribution in [0.1, 0.15) is 23.9 Å². The Balaban J connectivity index is 2.68. The van der Waals surface area contributed by atoms with Gasteiger partial charge in [-0.05, 0) is 31.0 Å². The van der Waals surface area contributed by atoms with Crippen LogP contribution in [0.15, 0.2) is 18.3 Å². The molecule has 0 aliphatic carbocycles. The summed E-state index contributed by atoms with van der Waals surface area (Å²) in [4.78, 5) is 4.50. The lowest BCUT2D eigenvalue weighted by Gasteiger charge is -2.00. The number of aromatic nitrogens is 2. The summed E-state index contributed by atoms with van der Waals surface area (Å²) in [5, 5.41) is 0. The van der Waals surface area contributed by atoms with Crippen molar-refractivity contribution in [1.82, 2.24) is 9.38 Å². The van der Waals surface area contributed by atoms with Crippen LogP contribution in [-0.4, -0.2) is 9.38 Å². The maximum atomic E-state index is 5.58. The number of fused-ring (bicyclic) bond motifs is 1. The van der Waals surface area contributed by atoms with Crippen molar-refractivity contribution in [1.29, 1.82) is 0 Å². The fourth-order valence-electron chi connectivity index (χ4n) is 1.81. The highest BCUT2D eigenvalue weighted by atomic mass is 15.0. The van der Waals surface area contributed by atoms with Crippen LogP contribution in [-0.2, 0) is 13.0 Å². The fraction of sp³-hybridized carbons (Fsp3) is 0.364. The predicted molar refractivity (Wildman–Crippen MR) is 57.2 cm³/mol. The molecule has 0 aliphatic heterocycles. The molecule has 2 N–H and O–H groups in total. The van der Waals surface area contributed by atoms with E-state index in [0.29, 0.717) is 6.54 Å². The Hall–Kier alpha value is -1.35. The first-order chi connectivity index (χ1) is 6.76. The first-order valence-corrected chi connectivity index (χ1v) is 4.92. The molecule has 0 amide bonds. The molecule has 0 saturated carbocycles. The van der Waals surface area contributed by atoms with Crippen LogP contribution in [0, 0.1) is 6.92 Å². The minimum atomic E-state index is 0.573. The van der Waals surface area contributed by atoms with E-state index in [9.17, 15) is 0 Å². The number of nitrogens with zero attached hydrogens (tertiary/aromatic N) is 2. The van der Waals surface area contributed by atoms with E-state index in [4.69, 9.17) is 5.73 Å². The maximum Gasteiger partial charge on any atom is 0.137 e. The van der Waals surface area contributed by atoms with Gasteiger partial charge in [0.1, 0.15) is 5.65 Å². The second-order valence-corrected chi connectivity index (χ2v) is 3.46. The van der Waals surface area contributed by atoms with Gasteiger partial charge >= 0.3 is 0 Å². The maximum absolute atomic E-state index is 5.58. The van der Waals surface area contributed by atoms with E-state index in [1.165, 1.54) is 5.69 Å². The van der Waals surface area contributed by atoms with Gasteiger partial charge in [0.25, 0.3) is 0 Å². The molecule has 0 aliphatic rings. The number of hydrogen-bond acceptors (Lipinski definition) is 2. The molecule has 3 nitrogen and oxygen atoms in total. The minimum absolute atomic E-state index is 0.573. The molecule has 2 rings (SSSR count). The molecular formula is C11H15N3. The molecule has 2 aromatic heterocycles. The van der Waals surface area contributed by atoms with E-state index >= 15 is 0 Å². The number of rotatable bonds is 2. The van der Waals surface area contributed by atoms with Gasteiger partial charge in [-0.15, -0.1) is 0 Å². The van der Waals surface area contributed by atoms with Crippen LogP contribution in [0.5, 0.6) is 0 Å². The first kappa shape index (κ1) is 9.21. The Morgan fingerprint density at radius 1 is 1.50 bits per heavy atom. The molecule has 0 atom stereocenters. The normalized spacial score (nSPS) is 11.1. The van der Waals surface area contributed by atoms with Crippen molar-refractivity contribution < 1.29 is 0 Å². The van der Waals surface area contributed by atoms with Gasteiger partial charge in [0.2, 0.25) is 0 Å². The SMILES string of the molecule is CCc1c(C)nc2cc(CN)ccn12. The highest BCUT2D eigenvalue weighted by molar-refractivity contribution is 5.45. The zero-order valence-electron chi connectivity index (χ0n) is 8.62. The summed E-state index contributed by atoms with van der Waals surface area (Å²) in [5.74, 6) is 0. The molecule has 14 heavy (non-hydrogen) atoms. The molecule has 0 saturated heterocycles. The zero-order chi connectivity index (χ0) is 10.1. The lowest BCUT2D eigenvalue weighted by atomic mass is 10.2. The van der Waals surface area contributed by atoms with Gasteiger partial charge in [-0.25, -0.2) is 4.98 Å². The summed E-state index contributed by atoms with van der Waals surface area (Å²) in [6.07, 6.45) is 3.06. The molecule has 0 unspecified atom stereocenters. The van der Waals surface area contributed by atoms with Crippen LogP contribution in [0.4, 0.5) is 0 Å². The van der Waals surface area contributed by atoms with Crippen molar-refractivity contribution in [3.05, 3.63) is 35.3 Å². The molecule has 0 spiro atoms. The van der Waals surface area contributed by atoms with Gasteiger partial charge in [-0.1, -0.05) is 6.92 Å². The van der Waals surface area contributed by atoms with Crippen LogP contribution in [0.2, 0.25) is 0 Å². The summed E-state index contributed by atoms with van der Waals surface area (Å²) >= 11 is 0. The van der Waals surface area contributed by atoms with E-state index in [0.717, 1.165) is 23.3 Å². The van der Waals surface area contributed by atoms with Gasteiger partial charge in [-0.3, -0.25) is 0 Å². The van der Waals surface area contributed by atoms with Crippen molar-refractivity contribution >= 4 is 5.65 Å². The molecule has 2 aromatic rings. The highest BCUT2D eigenvalue weighted by Crippen LogP contribution is 2.13. The van der Waals surface area contributed by atoms with E-state index in [2.05, 4.69) is 22.5 Å². The van der Waals surface area contributed by atoms with Crippen LogP contribution < -0.4 is 5.73 Å². The second-order valence-electron chi connectivity index (χ2n) is 3.46. The van der Waals surface area contributed by atoms with Gasteiger partial charge in [0.05, 0.1) is 5.69 Å². The third-order valence-corrected chi connectivity index (χ3v) is 2.56. The third-order valence-electron chi connectivity index (χ3n) is 2.56. The van der Waals surface area contributed by atoms with Crippen LogP contribution in [0.3, 0.4) is 0 Å². The van der Waals surface area contributed by atoms with E-state index in [1.54, 1.807) is 0 Å². The van der Waals surface area contributed by atoms with Crippen LogP contribution >= 0.6 is 0 Å². The summed E-state index contributed by atoms with van der Waals surface area (Å²) < 4.78 is 2.13. The largest absolute Gasteiger partial charge is 0.326 e. The molecule has 74 valence electrons. The summed E-state index contributed by atoms with van der Waals surface area (Å²) in [5.41, 5.74) is 10.1. The standard InChI is InChI=1S/C11H15N3/c1-3-10-8(2)13-11-6-9(7-12)4-5-14(10)11/h4-6H,3,7,12H2,1-2H3. The van der Waals surface area contributed by atoms with Gasteiger partial charge in [0.15, 0.2) is 0 Å². The second kappa shape index (κ2) is 3.42. The molecule has 0 radical (unpaired) electrons. The molecule has 0 aromatic carbocycles. The minimum Gasteiger partial charge on any atom is -0.326 e. The van der Waals surface area contributed by atoms with Crippen molar-refractivity contribution in [3.63, 3.8) is 0 Å². The van der Waals surface area contributed by atoms with E-state index < -0.39 is 0 Å². The molecule has 0 bridgehead atoms. The molecular weight excluding hydrogens is 174 g/mol. The monoisotopic (exact) mass is 189 g/mol. The Morgan fingerprint density at radius 2 is 2.29 bits per heavy atom. The first-order valence-electron chi connectivity index (χ1n) is 4.92. The summed E-state index contributed by atoms with van der Waals surface area (Å²) in [6, 6.07) is 4.10. The van der Waals surface area contributed by atoms with Gasteiger partial charge in [0, 0.05) is 18.4 Å². The highest BCUT2D eigenvalue weighted by Gasteiger charge is 2.06. The Bertz CT molecular complexity index is 457. The van der Waals surface area contributed by atoms with Crippen molar-refractivity contribution in [3.8, 4) is 0 Å². The lowest BCUT2D eigenvalue weighted by molar-refractivity contribution is 0.968.